The van der Waals surface area contributed by atoms with E-state index in [-0.39, 0.29) is 12.5 Å². The van der Waals surface area contributed by atoms with E-state index >= 15 is 0 Å². The first-order valence-electron chi connectivity index (χ1n) is 7.98. The molecule has 7 heteroatoms. The minimum absolute atomic E-state index is 0.211. The average Bonchev–Trinajstić information content (AvgIpc) is 3.16. The minimum Gasteiger partial charge on any atom is -0.495 e. The zero-order valence-electron chi connectivity index (χ0n) is 14.1. The van der Waals surface area contributed by atoms with Crippen LogP contribution >= 0.6 is 11.6 Å². The maximum absolute atomic E-state index is 12.7. The van der Waals surface area contributed by atoms with Crippen LogP contribution in [0.1, 0.15) is 22.0 Å². The molecule has 1 aromatic heterocycles. The molecule has 26 heavy (non-hydrogen) atoms. The fourth-order valence-electron chi connectivity index (χ4n) is 2.66. The van der Waals surface area contributed by atoms with E-state index < -0.39 is 6.04 Å². The first kappa shape index (κ1) is 18.0. The Morgan fingerprint density at radius 2 is 2.08 bits per heavy atom. The van der Waals surface area contributed by atoms with Gasteiger partial charge in [-0.1, -0.05) is 41.9 Å². The Balaban J connectivity index is 1.86. The van der Waals surface area contributed by atoms with Crippen molar-refractivity contribution in [2.45, 2.75) is 6.04 Å². The molecule has 0 saturated heterocycles. The van der Waals surface area contributed by atoms with Gasteiger partial charge in [-0.25, -0.2) is 0 Å². The number of carbonyl (C=O) groups excluding carboxylic acids is 1. The molecular weight excluding hydrogens is 354 g/mol. The molecule has 1 amide bonds. The van der Waals surface area contributed by atoms with E-state index in [2.05, 4.69) is 15.5 Å². The maximum atomic E-state index is 12.7. The van der Waals surface area contributed by atoms with Crippen LogP contribution in [0.3, 0.4) is 0 Å². The first-order valence-corrected chi connectivity index (χ1v) is 8.35. The van der Waals surface area contributed by atoms with Gasteiger partial charge >= 0.3 is 0 Å². The number of aromatic amines is 1. The summed E-state index contributed by atoms with van der Waals surface area (Å²) in [5.74, 6) is 0.203. The van der Waals surface area contributed by atoms with Crippen molar-refractivity contribution >= 4 is 17.5 Å². The van der Waals surface area contributed by atoms with E-state index in [1.807, 2.05) is 30.3 Å². The smallest absolute Gasteiger partial charge is 0.255 e. The minimum atomic E-state index is -0.508. The number of hydrogen-bond donors (Lipinski definition) is 3. The van der Waals surface area contributed by atoms with Crippen LogP contribution in [-0.4, -0.2) is 34.9 Å². The molecular formula is C19H18ClN3O3. The van der Waals surface area contributed by atoms with Crippen LogP contribution < -0.4 is 10.1 Å². The molecule has 0 fully saturated rings. The largest absolute Gasteiger partial charge is 0.495 e. The summed E-state index contributed by atoms with van der Waals surface area (Å²) in [5.41, 5.74) is 2.43. The normalized spacial score (nSPS) is 11.8. The molecule has 1 atom stereocenters. The quantitative estimate of drug-likeness (QED) is 0.621. The summed E-state index contributed by atoms with van der Waals surface area (Å²) in [6, 6.07) is 14.0. The summed E-state index contributed by atoms with van der Waals surface area (Å²) < 4.78 is 5.15. The predicted molar refractivity (Wildman–Crippen MR) is 99.3 cm³/mol. The number of amides is 1. The van der Waals surface area contributed by atoms with E-state index in [0.29, 0.717) is 27.6 Å². The lowest BCUT2D eigenvalue weighted by Crippen LogP contribution is -2.30. The molecule has 0 spiro atoms. The van der Waals surface area contributed by atoms with Gasteiger partial charge in [0, 0.05) is 5.56 Å². The van der Waals surface area contributed by atoms with Crippen LogP contribution in [-0.2, 0) is 0 Å². The van der Waals surface area contributed by atoms with Gasteiger partial charge in [-0.15, -0.1) is 0 Å². The number of nitrogens with zero attached hydrogens (tertiary/aromatic N) is 1. The molecule has 1 unspecified atom stereocenters. The highest BCUT2D eigenvalue weighted by Crippen LogP contribution is 2.30. The average molecular weight is 372 g/mol. The zero-order chi connectivity index (χ0) is 18.5. The fraction of sp³-hybridized carbons (Fsp3) is 0.158. The lowest BCUT2D eigenvalue weighted by atomic mass is 10.1. The first-order chi connectivity index (χ1) is 12.6. The van der Waals surface area contributed by atoms with Gasteiger partial charge in [0.05, 0.1) is 42.2 Å². The highest BCUT2D eigenvalue weighted by molar-refractivity contribution is 6.32. The standard InChI is InChI=1S/C19H18ClN3O3/c1-26-17-8-7-13(9-15(17)20)18-14(10-21-23-18)19(25)22-16(11-24)12-5-3-2-4-6-12/h2-10,16,24H,11H2,1H3,(H,21,23)(H,22,25). The number of ether oxygens (including phenoxy) is 1. The summed E-state index contributed by atoms with van der Waals surface area (Å²) in [4.78, 5) is 12.7. The van der Waals surface area contributed by atoms with Crippen LogP contribution in [0.15, 0.2) is 54.7 Å². The van der Waals surface area contributed by atoms with Crippen LogP contribution in [0.25, 0.3) is 11.3 Å². The van der Waals surface area contributed by atoms with E-state index in [1.54, 1.807) is 18.2 Å². The van der Waals surface area contributed by atoms with Gasteiger partial charge in [0.25, 0.3) is 5.91 Å². The van der Waals surface area contributed by atoms with Crippen molar-refractivity contribution in [3.63, 3.8) is 0 Å². The van der Waals surface area contributed by atoms with E-state index in [9.17, 15) is 9.90 Å². The fourth-order valence-corrected chi connectivity index (χ4v) is 2.91. The van der Waals surface area contributed by atoms with Crippen LogP contribution in [0.4, 0.5) is 0 Å². The number of aliphatic hydroxyl groups is 1. The second-order valence-electron chi connectivity index (χ2n) is 5.63. The molecule has 3 rings (SSSR count). The summed E-state index contributed by atoms with van der Waals surface area (Å²) in [5, 5.41) is 19.7. The molecule has 0 radical (unpaired) electrons. The zero-order valence-corrected chi connectivity index (χ0v) is 14.8. The Hall–Kier alpha value is -2.83. The second-order valence-corrected chi connectivity index (χ2v) is 6.03. The number of nitrogens with one attached hydrogen (secondary N) is 2. The summed E-state index contributed by atoms with van der Waals surface area (Å²) >= 11 is 6.17. The van der Waals surface area contributed by atoms with Crippen molar-refractivity contribution in [3.8, 4) is 17.0 Å². The Kier molecular flexibility index (Phi) is 5.55. The molecule has 2 aromatic carbocycles. The van der Waals surface area contributed by atoms with E-state index in [0.717, 1.165) is 5.56 Å². The lowest BCUT2D eigenvalue weighted by Gasteiger charge is -2.16. The molecule has 3 aromatic rings. The van der Waals surface area contributed by atoms with E-state index in [1.165, 1.54) is 13.3 Å². The second kappa shape index (κ2) is 8.03. The number of H-pyrrole nitrogens is 1. The van der Waals surface area contributed by atoms with Gasteiger partial charge in [0.2, 0.25) is 0 Å². The maximum Gasteiger partial charge on any atom is 0.255 e. The van der Waals surface area contributed by atoms with Crippen molar-refractivity contribution in [1.82, 2.24) is 15.5 Å². The molecule has 3 N–H and O–H groups in total. The highest BCUT2D eigenvalue weighted by atomic mass is 35.5. The summed E-state index contributed by atoms with van der Waals surface area (Å²) in [6.45, 7) is -0.211. The van der Waals surface area contributed by atoms with Gasteiger partial charge in [-0.2, -0.15) is 5.10 Å². The van der Waals surface area contributed by atoms with Crippen molar-refractivity contribution in [2.24, 2.45) is 0 Å². The van der Waals surface area contributed by atoms with Crippen LogP contribution in [0.2, 0.25) is 5.02 Å². The third kappa shape index (κ3) is 3.71. The van der Waals surface area contributed by atoms with Crippen molar-refractivity contribution < 1.29 is 14.6 Å². The SMILES string of the molecule is COc1ccc(-c2[nH]ncc2C(=O)NC(CO)c2ccccc2)cc1Cl. The van der Waals surface area contributed by atoms with Gasteiger partial charge in [0.15, 0.2) is 0 Å². The Morgan fingerprint density at radius 3 is 2.73 bits per heavy atom. The third-order valence-corrected chi connectivity index (χ3v) is 4.31. The summed E-state index contributed by atoms with van der Waals surface area (Å²) in [7, 11) is 1.54. The predicted octanol–water partition coefficient (Wildman–Crippen LogP) is 3.20. The number of aromatic nitrogens is 2. The topological polar surface area (TPSA) is 87.2 Å². The number of halogens is 1. The van der Waals surface area contributed by atoms with Crippen LogP contribution in [0, 0.1) is 0 Å². The number of hydrogen-bond acceptors (Lipinski definition) is 4. The third-order valence-electron chi connectivity index (χ3n) is 4.01. The highest BCUT2D eigenvalue weighted by Gasteiger charge is 2.20. The lowest BCUT2D eigenvalue weighted by molar-refractivity contribution is 0.0917. The van der Waals surface area contributed by atoms with Crippen molar-refractivity contribution in [2.75, 3.05) is 13.7 Å². The monoisotopic (exact) mass is 371 g/mol. The Labute approximate surface area is 155 Å². The van der Waals surface area contributed by atoms with Crippen molar-refractivity contribution in [3.05, 3.63) is 70.9 Å². The number of carbonyl (C=O) groups is 1. The van der Waals surface area contributed by atoms with Crippen molar-refractivity contribution in [1.29, 1.82) is 0 Å². The molecule has 134 valence electrons. The number of rotatable bonds is 6. The molecule has 0 bridgehead atoms. The molecule has 1 heterocycles. The van der Waals surface area contributed by atoms with Gasteiger partial charge in [-0.3, -0.25) is 9.89 Å². The van der Waals surface area contributed by atoms with Gasteiger partial charge < -0.3 is 15.2 Å². The molecule has 0 aliphatic rings. The molecule has 0 saturated carbocycles. The van der Waals surface area contributed by atoms with Gasteiger partial charge in [-0.05, 0) is 23.8 Å². The number of aliphatic hydroxyl groups excluding tert-OH is 1. The molecule has 6 nitrogen and oxygen atoms in total. The Bertz CT molecular complexity index is 896. The summed E-state index contributed by atoms with van der Waals surface area (Å²) in [6.07, 6.45) is 1.45. The number of benzene rings is 2. The molecule has 0 aliphatic heterocycles. The Morgan fingerprint density at radius 1 is 1.31 bits per heavy atom. The van der Waals surface area contributed by atoms with Crippen LogP contribution in [0.5, 0.6) is 5.75 Å². The van der Waals surface area contributed by atoms with E-state index in [4.69, 9.17) is 16.3 Å². The molecule has 0 aliphatic carbocycles. The van der Waals surface area contributed by atoms with Gasteiger partial charge in [0.1, 0.15) is 5.75 Å². The number of methoxy groups -OCH3 is 1.